The summed E-state index contributed by atoms with van der Waals surface area (Å²) in [5, 5.41) is 7.16. The minimum absolute atomic E-state index is 0.0605. The summed E-state index contributed by atoms with van der Waals surface area (Å²) in [7, 11) is -1.21. The van der Waals surface area contributed by atoms with E-state index in [1.807, 2.05) is 6.92 Å². The average Bonchev–Trinajstić information content (AvgIpc) is 3.72. The highest BCUT2D eigenvalue weighted by Crippen LogP contribution is 2.49. The molecule has 3 N–H and O–H groups in total. The number of carbonyl (C=O) groups excluding carboxylic acids is 1. The summed E-state index contributed by atoms with van der Waals surface area (Å²) in [6.07, 6.45) is 2.84. The van der Waals surface area contributed by atoms with Crippen LogP contribution in [0.4, 0.5) is 14.6 Å². The van der Waals surface area contributed by atoms with Gasteiger partial charge in [0.15, 0.2) is 0 Å². The van der Waals surface area contributed by atoms with Gasteiger partial charge in [-0.3, -0.25) is 4.79 Å². The van der Waals surface area contributed by atoms with Gasteiger partial charge < -0.3 is 15.8 Å². The van der Waals surface area contributed by atoms with E-state index in [1.54, 1.807) is 11.6 Å². The molecular weight excluding hydrogens is 480 g/mol. The highest BCUT2D eigenvalue weighted by Gasteiger charge is 2.39. The van der Waals surface area contributed by atoms with E-state index in [0.717, 1.165) is 43.0 Å². The van der Waals surface area contributed by atoms with E-state index in [2.05, 4.69) is 35.0 Å². The first kappa shape index (κ1) is 26.5. The topological polar surface area (TPSA) is 95.1 Å². The molecule has 10 heteroatoms. The third-order valence-corrected chi connectivity index (χ3v) is 8.57. The molecule has 0 radical (unpaired) electrons. The van der Waals surface area contributed by atoms with Gasteiger partial charge in [-0.1, -0.05) is 19.6 Å². The lowest BCUT2D eigenvalue weighted by atomic mass is 10.00. The van der Waals surface area contributed by atoms with Crippen molar-refractivity contribution in [2.24, 2.45) is 17.6 Å². The molecule has 0 spiro atoms. The molecule has 0 aliphatic heterocycles. The minimum atomic E-state index is -2.75. The minimum Gasteiger partial charge on any atom is -0.394 e. The third kappa shape index (κ3) is 6.21. The van der Waals surface area contributed by atoms with Crippen LogP contribution in [0.2, 0.25) is 25.7 Å². The van der Waals surface area contributed by atoms with Gasteiger partial charge in [-0.25, -0.2) is 18.4 Å². The van der Waals surface area contributed by atoms with Crippen LogP contribution in [0.3, 0.4) is 0 Å². The molecule has 36 heavy (non-hydrogen) atoms. The number of carbonyl (C=O) groups is 1. The summed E-state index contributed by atoms with van der Waals surface area (Å²) in [4.78, 5) is 17.1. The number of aryl methyl sites for hydroxylation is 1. The Hall–Kier alpha value is -2.59. The lowest BCUT2D eigenvalue weighted by Gasteiger charge is -2.16. The number of hydrogen-bond donors (Lipinski definition) is 2. The number of halogens is 2. The summed E-state index contributed by atoms with van der Waals surface area (Å²) < 4.78 is 35.8. The number of amides is 1. The Morgan fingerprint density at radius 1 is 1.22 bits per heavy atom. The number of hydrogen-bond acceptors (Lipinski definition) is 5. The number of alkyl halides is 2. The number of aromatic nitrogens is 3. The van der Waals surface area contributed by atoms with E-state index < -0.39 is 20.4 Å². The normalized spacial score (nSPS) is 15.9. The van der Waals surface area contributed by atoms with Crippen LogP contribution >= 0.6 is 0 Å². The highest BCUT2D eigenvalue weighted by atomic mass is 28.3. The van der Waals surface area contributed by atoms with Crippen LogP contribution in [0, 0.1) is 25.7 Å². The molecule has 0 bridgehead atoms. The van der Waals surface area contributed by atoms with Crippen LogP contribution in [0.5, 0.6) is 0 Å². The van der Waals surface area contributed by atoms with Crippen LogP contribution in [0.15, 0.2) is 23.5 Å². The number of nitrogens with zero attached hydrogens (tertiary/aromatic N) is 3. The zero-order chi connectivity index (χ0) is 26.2. The summed E-state index contributed by atoms with van der Waals surface area (Å²) in [6, 6.07) is 2.27. The third-order valence-electron chi connectivity index (χ3n) is 6.86. The molecule has 2 heterocycles. The van der Waals surface area contributed by atoms with Crippen LogP contribution in [0.25, 0.3) is 11.1 Å². The number of allylic oxidation sites excluding steroid dienone is 1. The molecular formula is C26H37F2N5O2Si. The number of nitrogens with one attached hydrogen (secondary N) is 1. The van der Waals surface area contributed by atoms with Crippen molar-refractivity contribution >= 4 is 19.8 Å². The second kappa shape index (κ2) is 10.4. The first-order valence-electron chi connectivity index (χ1n) is 12.7. The molecule has 2 aromatic rings. The van der Waals surface area contributed by atoms with E-state index in [4.69, 9.17) is 10.5 Å². The molecule has 7 nitrogen and oxygen atoms in total. The quantitative estimate of drug-likeness (QED) is 0.224. The van der Waals surface area contributed by atoms with Crippen molar-refractivity contribution in [3.63, 3.8) is 0 Å². The molecule has 2 aromatic heterocycles. The van der Waals surface area contributed by atoms with Gasteiger partial charge in [0.05, 0.1) is 11.4 Å². The molecule has 0 atom stereocenters. The van der Waals surface area contributed by atoms with Crippen molar-refractivity contribution < 1.29 is 18.3 Å². The first-order chi connectivity index (χ1) is 17.0. The molecule has 2 aliphatic rings. The predicted molar refractivity (Wildman–Crippen MR) is 139 cm³/mol. The fourth-order valence-electron chi connectivity index (χ4n) is 4.55. The molecule has 2 saturated carbocycles. The maximum absolute atomic E-state index is 14.2. The number of ether oxygens (including phenoxy) is 1. The number of anilines is 1. The fourth-order valence-corrected chi connectivity index (χ4v) is 5.30. The van der Waals surface area contributed by atoms with Gasteiger partial charge in [-0.15, -0.1) is 0 Å². The molecule has 4 rings (SSSR count). The van der Waals surface area contributed by atoms with E-state index >= 15 is 0 Å². The van der Waals surface area contributed by atoms with Crippen molar-refractivity contribution in [1.82, 2.24) is 14.8 Å². The summed E-state index contributed by atoms with van der Waals surface area (Å²) in [5.41, 5.74) is 9.48. The van der Waals surface area contributed by atoms with Crippen molar-refractivity contribution in [1.29, 1.82) is 0 Å². The molecule has 0 aromatic carbocycles. The Morgan fingerprint density at radius 3 is 2.42 bits per heavy atom. The first-order valence-corrected chi connectivity index (χ1v) is 16.4. The Labute approximate surface area is 212 Å². The predicted octanol–water partition coefficient (Wildman–Crippen LogP) is 5.78. The highest BCUT2D eigenvalue weighted by molar-refractivity contribution is 6.76. The monoisotopic (exact) mass is 517 g/mol. The summed E-state index contributed by atoms with van der Waals surface area (Å²) in [5.74, 6) is 0.361. The van der Waals surface area contributed by atoms with Gasteiger partial charge in [0.1, 0.15) is 12.5 Å². The zero-order valence-corrected chi connectivity index (χ0v) is 22.8. The van der Waals surface area contributed by atoms with Gasteiger partial charge in [0.25, 0.3) is 12.3 Å². The lowest BCUT2D eigenvalue weighted by molar-refractivity contribution is -0.113. The number of pyridine rings is 1. The van der Waals surface area contributed by atoms with Crippen LogP contribution in [-0.2, 0) is 16.3 Å². The van der Waals surface area contributed by atoms with Crippen LogP contribution in [0.1, 0.15) is 49.1 Å². The Kier molecular flexibility index (Phi) is 7.66. The van der Waals surface area contributed by atoms with E-state index in [9.17, 15) is 13.6 Å². The average molecular weight is 518 g/mol. The lowest BCUT2D eigenvalue weighted by Crippen LogP contribution is -2.23. The van der Waals surface area contributed by atoms with Crippen LogP contribution < -0.4 is 11.1 Å². The van der Waals surface area contributed by atoms with Gasteiger partial charge >= 0.3 is 0 Å². The Bertz CT molecular complexity index is 1150. The largest absolute Gasteiger partial charge is 0.394 e. The second-order valence-corrected chi connectivity index (χ2v) is 16.8. The second-order valence-electron chi connectivity index (χ2n) is 11.2. The van der Waals surface area contributed by atoms with Gasteiger partial charge in [-0.05, 0) is 69.1 Å². The van der Waals surface area contributed by atoms with Gasteiger partial charge in [0.2, 0.25) is 0 Å². The van der Waals surface area contributed by atoms with E-state index in [0.29, 0.717) is 35.3 Å². The molecule has 2 fully saturated rings. The molecule has 2 aliphatic carbocycles. The number of rotatable bonds is 11. The molecule has 1 amide bonds. The maximum Gasteiger partial charge on any atom is 0.272 e. The summed E-state index contributed by atoms with van der Waals surface area (Å²) in [6.45, 7) is 11.4. The van der Waals surface area contributed by atoms with E-state index in [-0.39, 0.29) is 23.8 Å². The van der Waals surface area contributed by atoms with Crippen molar-refractivity contribution in [3.8, 4) is 11.1 Å². The van der Waals surface area contributed by atoms with Crippen molar-refractivity contribution in [3.05, 3.63) is 40.5 Å². The SMILES string of the molecule is Cc1nn(COCC[Si](C)(C)C)c(C)c1-c1cnc(NC(=O)C(N)=C(C2CC2)C2CC2)cc1C(F)F. The van der Waals surface area contributed by atoms with Crippen molar-refractivity contribution in [2.75, 3.05) is 11.9 Å². The van der Waals surface area contributed by atoms with Crippen LogP contribution in [-0.4, -0.2) is 35.4 Å². The standard InChI is InChI=1S/C26H37F2N5O2Si/c1-15-22(16(2)33(32-15)14-35-10-11-36(3,4)5)20-13-30-21(12-19(20)25(27)28)31-26(34)24(29)23(17-6-7-17)18-8-9-18/h12-13,17-18,25H,6-11,14,29H2,1-5H3,(H,30,31,34). The molecule has 0 saturated heterocycles. The van der Waals surface area contributed by atoms with Crippen molar-refractivity contribution in [2.45, 2.75) is 78.4 Å². The zero-order valence-electron chi connectivity index (χ0n) is 21.8. The summed E-state index contributed by atoms with van der Waals surface area (Å²) >= 11 is 0. The van der Waals surface area contributed by atoms with Gasteiger partial charge in [0, 0.05) is 43.3 Å². The Balaban J connectivity index is 1.54. The maximum atomic E-state index is 14.2. The number of nitrogens with two attached hydrogens (primary N) is 1. The fraction of sp³-hybridized carbons (Fsp3) is 0.577. The molecule has 196 valence electrons. The Morgan fingerprint density at radius 2 is 1.86 bits per heavy atom. The van der Waals surface area contributed by atoms with Gasteiger partial charge in [-0.2, -0.15) is 5.10 Å². The van der Waals surface area contributed by atoms with E-state index in [1.165, 1.54) is 12.3 Å². The molecule has 0 unspecified atom stereocenters. The smallest absolute Gasteiger partial charge is 0.272 e.